The number of nitrogen functional groups attached to an aromatic ring is 1. The molecule has 0 fully saturated rings. The summed E-state index contributed by atoms with van der Waals surface area (Å²) in [6, 6.07) is 5.30. The number of nitrogens with two attached hydrogens (primary N) is 1. The predicted molar refractivity (Wildman–Crippen MR) is 68.7 cm³/mol. The van der Waals surface area contributed by atoms with Gasteiger partial charge < -0.3 is 11.1 Å². The van der Waals surface area contributed by atoms with Crippen LogP contribution in [0, 0.1) is 0 Å². The van der Waals surface area contributed by atoms with Crippen LogP contribution in [-0.4, -0.2) is 27.0 Å². The summed E-state index contributed by atoms with van der Waals surface area (Å²) in [7, 11) is -2.89. The summed E-state index contributed by atoms with van der Waals surface area (Å²) in [4.78, 5) is 0. The molecular weight excluding hydrogens is 248 g/mol. The molecule has 1 aromatic carbocycles. The molecule has 1 rings (SSSR count). The lowest BCUT2D eigenvalue weighted by atomic mass is 10.2. The van der Waals surface area contributed by atoms with Crippen molar-refractivity contribution in [2.75, 3.05) is 29.6 Å². The van der Waals surface area contributed by atoms with Crippen LogP contribution in [0.1, 0.15) is 6.42 Å². The van der Waals surface area contributed by atoms with Crippen molar-refractivity contribution in [2.45, 2.75) is 6.42 Å². The molecule has 1 aromatic rings. The first-order chi connectivity index (χ1) is 7.40. The molecule has 0 saturated carbocycles. The van der Waals surface area contributed by atoms with Crippen LogP contribution in [0.25, 0.3) is 0 Å². The van der Waals surface area contributed by atoms with Gasteiger partial charge in [-0.2, -0.15) is 0 Å². The molecule has 0 saturated heterocycles. The quantitative estimate of drug-likeness (QED) is 0.627. The standard InChI is InChI=1S/C10H15ClN2O2S/c1-16(14,15)7-3-6-13-9-5-2-4-8(11)10(9)12/h2,4-5,13H,3,6-7,12H2,1H3. The summed E-state index contributed by atoms with van der Waals surface area (Å²) < 4.78 is 21.8. The number of rotatable bonds is 5. The van der Waals surface area contributed by atoms with Crippen molar-refractivity contribution in [3.05, 3.63) is 23.2 Å². The van der Waals surface area contributed by atoms with Gasteiger partial charge in [0.1, 0.15) is 9.84 Å². The number of anilines is 2. The molecule has 4 nitrogen and oxygen atoms in total. The van der Waals surface area contributed by atoms with Gasteiger partial charge in [-0.05, 0) is 18.6 Å². The highest BCUT2D eigenvalue weighted by molar-refractivity contribution is 7.90. The van der Waals surface area contributed by atoms with Gasteiger partial charge >= 0.3 is 0 Å². The van der Waals surface area contributed by atoms with Gasteiger partial charge in [0.25, 0.3) is 0 Å². The number of nitrogens with one attached hydrogen (secondary N) is 1. The minimum absolute atomic E-state index is 0.167. The van der Waals surface area contributed by atoms with Crippen LogP contribution < -0.4 is 11.1 Å². The highest BCUT2D eigenvalue weighted by atomic mass is 35.5. The first-order valence-corrected chi connectivity index (χ1v) is 7.29. The molecule has 0 aliphatic rings. The fraction of sp³-hybridized carbons (Fsp3) is 0.400. The molecule has 6 heteroatoms. The molecular formula is C10H15ClN2O2S. The summed E-state index contributed by atoms with van der Waals surface area (Å²) in [5.41, 5.74) is 6.96. The molecule has 0 heterocycles. The maximum absolute atomic E-state index is 10.9. The number of hydrogen-bond donors (Lipinski definition) is 2. The normalized spacial score (nSPS) is 11.4. The monoisotopic (exact) mass is 262 g/mol. The fourth-order valence-electron chi connectivity index (χ4n) is 1.25. The Balaban J connectivity index is 2.47. The Hall–Kier alpha value is -0.940. The Labute approximate surface area is 101 Å². The second kappa shape index (κ2) is 5.41. The second-order valence-corrected chi connectivity index (χ2v) is 6.28. The zero-order chi connectivity index (χ0) is 12.2. The van der Waals surface area contributed by atoms with Gasteiger partial charge in [-0.1, -0.05) is 17.7 Å². The Morgan fingerprint density at radius 3 is 2.75 bits per heavy atom. The number of sulfone groups is 1. The topological polar surface area (TPSA) is 72.2 Å². The maximum atomic E-state index is 10.9. The van der Waals surface area contributed by atoms with Gasteiger partial charge in [0, 0.05) is 12.8 Å². The van der Waals surface area contributed by atoms with Crippen LogP contribution in [0.2, 0.25) is 5.02 Å². The SMILES string of the molecule is CS(=O)(=O)CCCNc1cccc(Cl)c1N. The first kappa shape index (κ1) is 13.1. The highest BCUT2D eigenvalue weighted by Gasteiger charge is 2.04. The first-order valence-electron chi connectivity index (χ1n) is 4.86. The van der Waals surface area contributed by atoms with Crippen LogP contribution in [0.3, 0.4) is 0 Å². The van der Waals surface area contributed by atoms with Crippen molar-refractivity contribution in [1.82, 2.24) is 0 Å². The summed E-state index contributed by atoms with van der Waals surface area (Å²) >= 11 is 5.84. The largest absolute Gasteiger partial charge is 0.396 e. The average molecular weight is 263 g/mol. The number of hydrogen-bond acceptors (Lipinski definition) is 4. The molecule has 3 N–H and O–H groups in total. The zero-order valence-electron chi connectivity index (χ0n) is 9.03. The van der Waals surface area contributed by atoms with E-state index in [9.17, 15) is 8.42 Å². The average Bonchev–Trinajstić information content (AvgIpc) is 2.17. The van der Waals surface area contributed by atoms with Gasteiger partial charge in [0.05, 0.1) is 22.2 Å². The Bertz CT molecular complexity index is 460. The van der Waals surface area contributed by atoms with E-state index < -0.39 is 9.84 Å². The van der Waals surface area contributed by atoms with Crippen LogP contribution in [0.4, 0.5) is 11.4 Å². The summed E-state index contributed by atoms with van der Waals surface area (Å²) in [6.45, 7) is 0.553. The smallest absolute Gasteiger partial charge is 0.147 e. The van der Waals surface area contributed by atoms with E-state index >= 15 is 0 Å². The molecule has 0 spiro atoms. The lowest BCUT2D eigenvalue weighted by Gasteiger charge is -2.09. The van der Waals surface area contributed by atoms with Crippen molar-refractivity contribution >= 4 is 32.8 Å². The third kappa shape index (κ3) is 4.28. The van der Waals surface area contributed by atoms with Crippen molar-refractivity contribution in [2.24, 2.45) is 0 Å². The van der Waals surface area contributed by atoms with E-state index in [0.29, 0.717) is 23.7 Å². The van der Waals surface area contributed by atoms with E-state index in [-0.39, 0.29) is 5.75 Å². The summed E-state index contributed by atoms with van der Waals surface area (Å²) in [5, 5.41) is 3.55. The highest BCUT2D eigenvalue weighted by Crippen LogP contribution is 2.26. The van der Waals surface area contributed by atoms with Crippen molar-refractivity contribution < 1.29 is 8.42 Å². The molecule has 0 bridgehead atoms. The van der Waals surface area contributed by atoms with E-state index in [1.54, 1.807) is 12.1 Å². The molecule has 0 aliphatic carbocycles. The number of halogens is 1. The number of benzene rings is 1. The lowest BCUT2D eigenvalue weighted by Crippen LogP contribution is -2.10. The van der Waals surface area contributed by atoms with Gasteiger partial charge in [0.2, 0.25) is 0 Å². The molecule has 0 radical (unpaired) electrons. The summed E-state index contributed by atoms with van der Waals surface area (Å²) in [6.07, 6.45) is 1.77. The van der Waals surface area contributed by atoms with Gasteiger partial charge in [-0.25, -0.2) is 8.42 Å². The molecule has 0 atom stereocenters. The van der Waals surface area contributed by atoms with Crippen molar-refractivity contribution in [3.63, 3.8) is 0 Å². The Kier molecular flexibility index (Phi) is 4.44. The van der Waals surface area contributed by atoms with Crippen LogP contribution in [-0.2, 0) is 9.84 Å². The molecule has 16 heavy (non-hydrogen) atoms. The third-order valence-corrected chi connectivity index (χ3v) is 3.42. The van der Waals surface area contributed by atoms with Crippen molar-refractivity contribution in [3.8, 4) is 0 Å². The Morgan fingerprint density at radius 1 is 1.44 bits per heavy atom. The molecule has 0 aromatic heterocycles. The van der Waals surface area contributed by atoms with E-state index in [0.717, 1.165) is 5.69 Å². The van der Waals surface area contributed by atoms with Gasteiger partial charge in [-0.3, -0.25) is 0 Å². The molecule has 90 valence electrons. The van der Waals surface area contributed by atoms with Gasteiger partial charge in [-0.15, -0.1) is 0 Å². The van der Waals surface area contributed by atoms with Crippen molar-refractivity contribution in [1.29, 1.82) is 0 Å². The van der Waals surface area contributed by atoms with Gasteiger partial charge in [0.15, 0.2) is 0 Å². The predicted octanol–water partition coefficient (Wildman–Crippen LogP) is 1.77. The molecule has 0 amide bonds. The lowest BCUT2D eigenvalue weighted by molar-refractivity contribution is 0.600. The second-order valence-electron chi connectivity index (χ2n) is 3.61. The third-order valence-electron chi connectivity index (χ3n) is 2.06. The van der Waals surface area contributed by atoms with Crippen LogP contribution >= 0.6 is 11.6 Å². The zero-order valence-corrected chi connectivity index (χ0v) is 10.6. The molecule has 0 unspecified atom stereocenters. The van der Waals surface area contributed by atoms with E-state index in [1.165, 1.54) is 6.26 Å². The van der Waals surface area contributed by atoms with E-state index in [2.05, 4.69) is 5.32 Å². The minimum Gasteiger partial charge on any atom is -0.396 e. The number of para-hydroxylation sites is 1. The minimum atomic E-state index is -2.89. The fourth-order valence-corrected chi connectivity index (χ4v) is 2.09. The Morgan fingerprint density at radius 2 is 2.12 bits per heavy atom. The van der Waals surface area contributed by atoms with Crippen LogP contribution in [0.5, 0.6) is 0 Å². The molecule has 0 aliphatic heterocycles. The maximum Gasteiger partial charge on any atom is 0.147 e. The van der Waals surface area contributed by atoms with Crippen LogP contribution in [0.15, 0.2) is 18.2 Å². The van der Waals surface area contributed by atoms with E-state index in [1.807, 2.05) is 6.07 Å². The van der Waals surface area contributed by atoms with E-state index in [4.69, 9.17) is 17.3 Å². The summed E-state index contributed by atoms with van der Waals surface area (Å²) in [5.74, 6) is 0.167.